The fourth-order valence-electron chi connectivity index (χ4n) is 3.86. The molecule has 3 rings (SSSR count). The Balaban J connectivity index is 1.59. The van der Waals surface area contributed by atoms with E-state index in [0.717, 1.165) is 25.5 Å². The van der Waals surface area contributed by atoms with E-state index in [1.54, 1.807) is 0 Å². The van der Waals surface area contributed by atoms with Crippen LogP contribution in [-0.4, -0.2) is 54.9 Å². The second-order valence-corrected chi connectivity index (χ2v) is 7.97. The molecule has 2 aromatic carbocycles. The Labute approximate surface area is 186 Å². The van der Waals surface area contributed by atoms with E-state index in [2.05, 4.69) is 107 Å². The Morgan fingerprint density at radius 2 is 1.58 bits per heavy atom. The standard InChI is InChI=1S/C25H34N6/c1-26-25(28-18-24(30(2)3)22-17-29-31(4)19-22)27-16-15-23(20-11-7-5-8-12-20)21-13-9-6-10-14-21/h5-14,17,19,23-24H,15-16,18H2,1-4H3,(H2,26,27,28). The quantitative estimate of drug-likeness (QED) is 0.413. The Kier molecular flexibility index (Phi) is 8.24. The molecule has 6 heteroatoms. The summed E-state index contributed by atoms with van der Waals surface area (Å²) in [5.41, 5.74) is 3.86. The van der Waals surface area contributed by atoms with Crippen LogP contribution in [0.2, 0.25) is 0 Å². The molecule has 1 aromatic heterocycles. The van der Waals surface area contributed by atoms with Crippen LogP contribution >= 0.6 is 0 Å². The van der Waals surface area contributed by atoms with Gasteiger partial charge in [-0.1, -0.05) is 60.7 Å². The van der Waals surface area contributed by atoms with Crippen LogP contribution in [0.15, 0.2) is 78.0 Å². The molecule has 1 atom stereocenters. The third-order valence-electron chi connectivity index (χ3n) is 5.55. The van der Waals surface area contributed by atoms with Gasteiger partial charge in [-0.25, -0.2) is 0 Å². The Morgan fingerprint density at radius 1 is 0.968 bits per heavy atom. The van der Waals surface area contributed by atoms with E-state index in [0.29, 0.717) is 5.92 Å². The molecule has 0 saturated carbocycles. The first-order chi connectivity index (χ1) is 15.1. The van der Waals surface area contributed by atoms with Crippen LogP contribution in [0, 0.1) is 0 Å². The molecule has 1 unspecified atom stereocenters. The summed E-state index contributed by atoms with van der Waals surface area (Å²) >= 11 is 0. The highest BCUT2D eigenvalue weighted by atomic mass is 15.3. The summed E-state index contributed by atoms with van der Waals surface area (Å²) in [7, 11) is 7.93. The van der Waals surface area contributed by atoms with Gasteiger partial charge >= 0.3 is 0 Å². The lowest BCUT2D eigenvalue weighted by Gasteiger charge is -2.25. The van der Waals surface area contributed by atoms with E-state index in [9.17, 15) is 0 Å². The first-order valence-electron chi connectivity index (χ1n) is 10.8. The molecule has 0 spiro atoms. The van der Waals surface area contributed by atoms with E-state index >= 15 is 0 Å². The van der Waals surface area contributed by atoms with Crippen molar-refractivity contribution in [2.24, 2.45) is 12.0 Å². The lowest BCUT2D eigenvalue weighted by molar-refractivity contribution is 0.298. The van der Waals surface area contributed by atoms with Crippen molar-refractivity contribution in [2.75, 3.05) is 34.2 Å². The zero-order valence-corrected chi connectivity index (χ0v) is 19.0. The molecule has 31 heavy (non-hydrogen) atoms. The fourth-order valence-corrected chi connectivity index (χ4v) is 3.86. The molecule has 0 aliphatic rings. The van der Waals surface area contributed by atoms with Gasteiger partial charge in [0.05, 0.1) is 12.2 Å². The molecule has 0 fully saturated rings. The van der Waals surface area contributed by atoms with E-state index in [4.69, 9.17) is 0 Å². The molecule has 0 aliphatic carbocycles. The number of aliphatic imine (C=N–C) groups is 1. The number of likely N-dealkylation sites (N-methyl/N-ethyl adjacent to an activating group) is 1. The Morgan fingerprint density at radius 3 is 2.06 bits per heavy atom. The maximum absolute atomic E-state index is 4.42. The molecule has 0 aliphatic heterocycles. The van der Waals surface area contributed by atoms with E-state index < -0.39 is 0 Å². The van der Waals surface area contributed by atoms with E-state index in [1.165, 1.54) is 16.7 Å². The van der Waals surface area contributed by atoms with Crippen LogP contribution in [0.5, 0.6) is 0 Å². The molecular weight excluding hydrogens is 384 g/mol. The highest BCUT2D eigenvalue weighted by Gasteiger charge is 2.17. The zero-order chi connectivity index (χ0) is 22.1. The maximum atomic E-state index is 4.42. The first-order valence-corrected chi connectivity index (χ1v) is 10.8. The van der Waals surface area contributed by atoms with Crippen LogP contribution in [0.25, 0.3) is 0 Å². The van der Waals surface area contributed by atoms with Crippen molar-refractivity contribution in [3.63, 3.8) is 0 Å². The SMILES string of the molecule is CN=C(NCCC(c1ccccc1)c1ccccc1)NCC(c1cnn(C)c1)N(C)C. The second-order valence-electron chi connectivity index (χ2n) is 7.97. The van der Waals surface area contributed by atoms with Crippen molar-refractivity contribution in [3.8, 4) is 0 Å². The summed E-state index contributed by atoms with van der Waals surface area (Å²) in [6.07, 6.45) is 4.97. The zero-order valence-electron chi connectivity index (χ0n) is 19.0. The molecule has 0 saturated heterocycles. The minimum Gasteiger partial charge on any atom is -0.356 e. The van der Waals surface area contributed by atoms with Crippen molar-refractivity contribution >= 4 is 5.96 Å². The van der Waals surface area contributed by atoms with Crippen LogP contribution in [0.3, 0.4) is 0 Å². The predicted octanol–water partition coefficient (Wildman–Crippen LogP) is 3.41. The largest absolute Gasteiger partial charge is 0.356 e. The molecule has 164 valence electrons. The number of hydrogen-bond donors (Lipinski definition) is 2. The highest BCUT2D eigenvalue weighted by Crippen LogP contribution is 2.27. The minimum absolute atomic E-state index is 0.216. The highest BCUT2D eigenvalue weighted by molar-refractivity contribution is 5.79. The second kappa shape index (κ2) is 11.3. The van der Waals surface area contributed by atoms with E-state index in [-0.39, 0.29) is 6.04 Å². The first kappa shape index (κ1) is 22.6. The summed E-state index contributed by atoms with van der Waals surface area (Å²) in [5, 5.41) is 11.3. The number of aromatic nitrogens is 2. The molecular formula is C25H34N6. The van der Waals surface area contributed by atoms with Gasteiger partial charge in [0.15, 0.2) is 5.96 Å². The lowest BCUT2D eigenvalue weighted by atomic mass is 9.88. The van der Waals surface area contributed by atoms with Gasteiger partial charge in [-0.2, -0.15) is 5.10 Å². The number of guanidine groups is 1. The maximum Gasteiger partial charge on any atom is 0.191 e. The monoisotopic (exact) mass is 418 g/mol. The summed E-state index contributed by atoms with van der Waals surface area (Å²) in [4.78, 5) is 6.61. The number of hydrogen-bond acceptors (Lipinski definition) is 3. The summed E-state index contributed by atoms with van der Waals surface area (Å²) in [6.45, 7) is 1.58. The number of nitrogens with zero attached hydrogens (tertiary/aromatic N) is 4. The minimum atomic E-state index is 0.216. The van der Waals surface area contributed by atoms with Crippen LogP contribution in [-0.2, 0) is 7.05 Å². The van der Waals surface area contributed by atoms with Gasteiger partial charge in [-0.05, 0) is 31.6 Å². The average Bonchev–Trinajstić information content (AvgIpc) is 3.22. The molecule has 0 radical (unpaired) electrons. The van der Waals surface area contributed by atoms with Crippen molar-refractivity contribution in [1.29, 1.82) is 0 Å². The molecule has 0 amide bonds. The van der Waals surface area contributed by atoms with Crippen LogP contribution < -0.4 is 10.6 Å². The molecule has 2 N–H and O–H groups in total. The van der Waals surface area contributed by atoms with Crippen LogP contribution in [0.4, 0.5) is 0 Å². The van der Waals surface area contributed by atoms with E-state index in [1.807, 2.05) is 25.0 Å². The fraction of sp³-hybridized carbons (Fsp3) is 0.360. The molecule has 3 aromatic rings. The van der Waals surface area contributed by atoms with Gasteiger partial charge < -0.3 is 15.5 Å². The third kappa shape index (κ3) is 6.43. The summed E-state index contributed by atoms with van der Waals surface area (Å²) in [5.74, 6) is 1.16. The smallest absolute Gasteiger partial charge is 0.191 e. The van der Waals surface area contributed by atoms with Crippen molar-refractivity contribution in [2.45, 2.75) is 18.4 Å². The molecule has 6 nitrogen and oxygen atoms in total. The van der Waals surface area contributed by atoms with Crippen LogP contribution in [0.1, 0.15) is 35.1 Å². The third-order valence-corrected chi connectivity index (χ3v) is 5.55. The molecule has 0 bridgehead atoms. The number of nitrogens with one attached hydrogen (secondary N) is 2. The average molecular weight is 419 g/mol. The topological polar surface area (TPSA) is 57.5 Å². The van der Waals surface area contributed by atoms with Gasteiger partial charge in [-0.15, -0.1) is 0 Å². The van der Waals surface area contributed by atoms with Gasteiger partial charge in [0, 0.05) is 44.9 Å². The summed E-state index contributed by atoms with van der Waals surface area (Å²) < 4.78 is 1.84. The Bertz CT molecular complexity index is 893. The number of benzene rings is 2. The normalized spacial score (nSPS) is 12.9. The predicted molar refractivity (Wildman–Crippen MR) is 128 cm³/mol. The van der Waals surface area contributed by atoms with Crippen molar-refractivity contribution < 1.29 is 0 Å². The van der Waals surface area contributed by atoms with Gasteiger partial charge in [0.2, 0.25) is 0 Å². The summed E-state index contributed by atoms with van der Waals surface area (Å²) in [6, 6.07) is 21.6. The molecule has 1 heterocycles. The van der Waals surface area contributed by atoms with Gasteiger partial charge in [0.1, 0.15) is 0 Å². The lowest BCUT2D eigenvalue weighted by Crippen LogP contribution is -2.42. The number of aryl methyl sites for hydroxylation is 1. The van der Waals surface area contributed by atoms with Crippen molar-refractivity contribution in [1.82, 2.24) is 25.3 Å². The number of rotatable bonds is 9. The van der Waals surface area contributed by atoms with Gasteiger partial charge in [-0.3, -0.25) is 9.67 Å². The Hall–Kier alpha value is -3.12. The van der Waals surface area contributed by atoms with Crippen molar-refractivity contribution in [3.05, 3.63) is 89.7 Å². The van der Waals surface area contributed by atoms with Gasteiger partial charge in [0.25, 0.3) is 0 Å².